The molecule has 0 aliphatic rings. The highest BCUT2D eigenvalue weighted by Gasteiger charge is 2.03. The Labute approximate surface area is 131 Å². The molecule has 0 fully saturated rings. The lowest BCUT2D eigenvalue weighted by atomic mass is 10.2. The lowest BCUT2D eigenvalue weighted by molar-refractivity contribution is -0.123. The number of halogens is 1. The third kappa shape index (κ3) is 4.68. The van der Waals surface area contributed by atoms with Crippen molar-refractivity contribution in [1.29, 1.82) is 0 Å². The molecular formula is C15H13ClN2O4. The van der Waals surface area contributed by atoms with Gasteiger partial charge in [0.1, 0.15) is 17.2 Å². The van der Waals surface area contributed by atoms with Gasteiger partial charge in [-0.3, -0.25) is 4.79 Å². The maximum Gasteiger partial charge on any atom is 0.277 e. The highest BCUT2D eigenvalue weighted by Crippen LogP contribution is 2.20. The van der Waals surface area contributed by atoms with Crippen molar-refractivity contribution < 1.29 is 19.7 Å². The van der Waals surface area contributed by atoms with Crippen molar-refractivity contribution in [2.24, 2.45) is 5.10 Å². The molecule has 0 heterocycles. The van der Waals surface area contributed by atoms with Gasteiger partial charge in [0.15, 0.2) is 6.61 Å². The van der Waals surface area contributed by atoms with E-state index in [2.05, 4.69) is 10.5 Å². The minimum Gasteiger partial charge on any atom is -0.508 e. The first-order chi connectivity index (χ1) is 10.5. The minimum absolute atomic E-state index is 0.0615. The third-order valence-electron chi connectivity index (χ3n) is 2.57. The fourth-order valence-electron chi connectivity index (χ4n) is 1.55. The molecule has 0 atom stereocenters. The molecule has 0 spiro atoms. The van der Waals surface area contributed by atoms with Crippen LogP contribution in [0, 0.1) is 0 Å². The van der Waals surface area contributed by atoms with Gasteiger partial charge in [-0.05, 0) is 30.3 Å². The van der Waals surface area contributed by atoms with Gasteiger partial charge in [0.2, 0.25) is 0 Å². The summed E-state index contributed by atoms with van der Waals surface area (Å²) in [6.45, 7) is -0.223. The van der Waals surface area contributed by atoms with Crippen LogP contribution >= 0.6 is 11.6 Å². The average molecular weight is 321 g/mol. The summed E-state index contributed by atoms with van der Waals surface area (Å²) >= 11 is 5.79. The van der Waals surface area contributed by atoms with Crippen molar-refractivity contribution >= 4 is 23.7 Å². The van der Waals surface area contributed by atoms with Gasteiger partial charge in [-0.15, -0.1) is 0 Å². The molecule has 22 heavy (non-hydrogen) atoms. The molecule has 0 saturated heterocycles. The van der Waals surface area contributed by atoms with Gasteiger partial charge in [-0.2, -0.15) is 5.10 Å². The topological polar surface area (TPSA) is 91.2 Å². The van der Waals surface area contributed by atoms with E-state index in [1.54, 1.807) is 24.3 Å². The number of amides is 1. The molecule has 0 unspecified atom stereocenters. The van der Waals surface area contributed by atoms with Gasteiger partial charge in [0.05, 0.1) is 6.21 Å². The van der Waals surface area contributed by atoms with Crippen LogP contribution in [-0.4, -0.2) is 28.9 Å². The molecule has 6 nitrogen and oxygen atoms in total. The van der Waals surface area contributed by atoms with E-state index in [1.165, 1.54) is 24.4 Å². The minimum atomic E-state index is -0.463. The van der Waals surface area contributed by atoms with Crippen LogP contribution < -0.4 is 10.2 Å². The zero-order valence-corrected chi connectivity index (χ0v) is 12.1. The Morgan fingerprint density at radius 2 is 2.09 bits per heavy atom. The molecule has 2 aromatic rings. The van der Waals surface area contributed by atoms with Gasteiger partial charge in [0, 0.05) is 16.7 Å². The number of rotatable bonds is 5. The molecule has 0 aliphatic carbocycles. The van der Waals surface area contributed by atoms with E-state index in [9.17, 15) is 9.90 Å². The normalized spacial score (nSPS) is 10.6. The molecule has 7 heteroatoms. The number of hydrazone groups is 1. The number of hydrogen-bond acceptors (Lipinski definition) is 5. The summed E-state index contributed by atoms with van der Waals surface area (Å²) in [7, 11) is 0. The van der Waals surface area contributed by atoms with E-state index >= 15 is 0 Å². The largest absolute Gasteiger partial charge is 0.508 e. The summed E-state index contributed by atoms with van der Waals surface area (Å²) in [6, 6.07) is 10.7. The Morgan fingerprint density at radius 1 is 1.27 bits per heavy atom. The number of phenols is 2. The summed E-state index contributed by atoms with van der Waals surface area (Å²) < 4.78 is 5.24. The number of aromatic hydroxyl groups is 2. The lowest BCUT2D eigenvalue weighted by Gasteiger charge is -2.05. The highest BCUT2D eigenvalue weighted by molar-refractivity contribution is 6.30. The fourth-order valence-corrected chi connectivity index (χ4v) is 1.73. The molecule has 3 N–H and O–H groups in total. The van der Waals surface area contributed by atoms with Crippen LogP contribution in [0.25, 0.3) is 0 Å². The first-order valence-electron chi connectivity index (χ1n) is 6.27. The quantitative estimate of drug-likeness (QED) is 0.582. The van der Waals surface area contributed by atoms with Crippen LogP contribution in [0.3, 0.4) is 0 Å². The van der Waals surface area contributed by atoms with Gasteiger partial charge >= 0.3 is 0 Å². The van der Waals surface area contributed by atoms with Crippen LogP contribution in [0.2, 0.25) is 5.02 Å². The fraction of sp³-hybridized carbons (Fsp3) is 0.0667. The van der Waals surface area contributed by atoms with E-state index in [4.69, 9.17) is 21.4 Å². The number of phenolic OH excluding ortho intramolecular Hbond substituents is 2. The molecule has 0 aliphatic heterocycles. The van der Waals surface area contributed by atoms with Crippen molar-refractivity contribution in [3.8, 4) is 17.2 Å². The van der Waals surface area contributed by atoms with E-state index < -0.39 is 5.91 Å². The number of benzene rings is 2. The van der Waals surface area contributed by atoms with E-state index in [-0.39, 0.29) is 18.1 Å². The van der Waals surface area contributed by atoms with Crippen LogP contribution in [0.1, 0.15) is 5.56 Å². The Hall–Kier alpha value is -2.73. The number of carbonyl (C=O) groups excluding carboxylic acids is 1. The first-order valence-corrected chi connectivity index (χ1v) is 6.64. The first kappa shape index (κ1) is 15.7. The van der Waals surface area contributed by atoms with Gasteiger partial charge < -0.3 is 14.9 Å². The van der Waals surface area contributed by atoms with E-state index in [1.807, 2.05) is 0 Å². The second kappa shape index (κ2) is 7.33. The van der Waals surface area contributed by atoms with Crippen molar-refractivity contribution in [3.05, 3.63) is 53.1 Å². The molecule has 2 aromatic carbocycles. The Bertz CT molecular complexity index is 704. The molecular weight excluding hydrogens is 308 g/mol. The van der Waals surface area contributed by atoms with Crippen molar-refractivity contribution in [1.82, 2.24) is 5.43 Å². The summed E-state index contributed by atoms with van der Waals surface area (Å²) in [4.78, 5) is 11.5. The zero-order chi connectivity index (χ0) is 15.9. The average Bonchev–Trinajstić information content (AvgIpc) is 2.47. The van der Waals surface area contributed by atoms with Crippen LogP contribution in [0.5, 0.6) is 17.2 Å². The van der Waals surface area contributed by atoms with Gasteiger partial charge in [0.25, 0.3) is 5.91 Å². The summed E-state index contributed by atoms with van der Waals surface area (Å²) in [5.41, 5.74) is 2.61. The van der Waals surface area contributed by atoms with Crippen molar-refractivity contribution in [3.63, 3.8) is 0 Å². The summed E-state index contributed by atoms with van der Waals surface area (Å²) in [5.74, 6) is -0.195. The number of nitrogens with one attached hydrogen (secondary N) is 1. The number of ether oxygens (including phenoxy) is 1. The van der Waals surface area contributed by atoms with E-state index in [0.717, 1.165) is 0 Å². The summed E-state index contributed by atoms with van der Waals surface area (Å²) in [6.07, 6.45) is 1.26. The van der Waals surface area contributed by atoms with Crippen molar-refractivity contribution in [2.45, 2.75) is 0 Å². The molecule has 2 rings (SSSR count). The maximum absolute atomic E-state index is 11.5. The van der Waals surface area contributed by atoms with Crippen LogP contribution in [0.15, 0.2) is 47.6 Å². The van der Waals surface area contributed by atoms with Gasteiger partial charge in [-0.1, -0.05) is 17.7 Å². The molecule has 0 radical (unpaired) electrons. The number of nitrogens with zero attached hydrogens (tertiary/aromatic N) is 1. The molecule has 0 bridgehead atoms. The second-order valence-electron chi connectivity index (χ2n) is 4.28. The van der Waals surface area contributed by atoms with Crippen molar-refractivity contribution in [2.75, 3.05) is 6.61 Å². The third-order valence-corrected chi connectivity index (χ3v) is 2.81. The lowest BCUT2D eigenvalue weighted by Crippen LogP contribution is -2.24. The SMILES string of the molecule is O=C(COc1cccc(Cl)c1)N/N=C\c1ccc(O)cc1O. The highest BCUT2D eigenvalue weighted by atomic mass is 35.5. The predicted octanol–water partition coefficient (Wildman–Crippen LogP) is 2.28. The number of hydrogen-bond donors (Lipinski definition) is 3. The summed E-state index contributed by atoms with van der Waals surface area (Å²) in [5, 5.41) is 22.9. The standard InChI is InChI=1S/C15H13ClN2O4/c16-11-2-1-3-13(6-11)22-9-15(21)18-17-8-10-4-5-12(19)7-14(10)20/h1-8,19-20H,9H2,(H,18,21)/b17-8-. The predicted molar refractivity (Wildman–Crippen MR) is 82.5 cm³/mol. The van der Waals surface area contributed by atoms with E-state index in [0.29, 0.717) is 16.3 Å². The van der Waals surface area contributed by atoms with Crippen LogP contribution in [-0.2, 0) is 4.79 Å². The second-order valence-corrected chi connectivity index (χ2v) is 4.72. The Morgan fingerprint density at radius 3 is 2.82 bits per heavy atom. The molecule has 0 aromatic heterocycles. The molecule has 0 saturated carbocycles. The smallest absolute Gasteiger partial charge is 0.277 e. The maximum atomic E-state index is 11.5. The molecule has 114 valence electrons. The Balaban J connectivity index is 1.83. The molecule has 1 amide bonds. The Kier molecular flexibility index (Phi) is 5.21. The zero-order valence-electron chi connectivity index (χ0n) is 11.4. The van der Waals surface area contributed by atoms with Crippen LogP contribution in [0.4, 0.5) is 0 Å². The monoisotopic (exact) mass is 320 g/mol. The number of carbonyl (C=O) groups is 1. The van der Waals surface area contributed by atoms with Gasteiger partial charge in [-0.25, -0.2) is 5.43 Å².